The smallest absolute Gasteiger partial charge is 0.315 e. The van der Waals surface area contributed by atoms with Gasteiger partial charge < -0.3 is 25.6 Å². The van der Waals surface area contributed by atoms with Crippen LogP contribution in [-0.4, -0.2) is 44.1 Å². The molecule has 1 aliphatic rings. The zero-order valence-electron chi connectivity index (χ0n) is 17.6. The largest absolute Gasteiger partial charge is 0.496 e. The normalized spacial score (nSPS) is 15.9. The van der Waals surface area contributed by atoms with E-state index in [1.807, 2.05) is 60.5 Å². The molecule has 0 spiro atoms. The first-order chi connectivity index (χ1) is 14.6. The number of methoxy groups -OCH3 is 1. The fourth-order valence-corrected chi connectivity index (χ4v) is 3.79. The average molecular weight is 411 g/mol. The molecule has 2 aromatic rings. The van der Waals surface area contributed by atoms with Crippen LogP contribution in [0.2, 0.25) is 0 Å². The van der Waals surface area contributed by atoms with Crippen LogP contribution in [0.25, 0.3) is 0 Å². The fraction of sp³-hybridized carbons (Fsp3) is 0.391. The molecule has 7 heteroatoms. The summed E-state index contributed by atoms with van der Waals surface area (Å²) in [5.74, 6) is 0.705. The van der Waals surface area contributed by atoms with E-state index in [9.17, 15) is 9.59 Å². The Labute approximate surface area is 177 Å². The van der Waals surface area contributed by atoms with Crippen molar-refractivity contribution >= 4 is 17.6 Å². The third-order valence-electron chi connectivity index (χ3n) is 5.42. The molecule has 3 rings (SSSR count). The number of anilines is 1. The molecule has 0 saturated carbocycles. The molecule has 1 fully saturated rings. The van der Waals surface area contributed by atoms with Crippen LogP contribution in [0, 0.1) is 0 Å². The number of hydrogen-bond acceptors (Lipinski definition) is 4. The molecule has 1 heterocycles. The Morgan fingerprint density at radius 3 is 2.57 bits per heavy atom. The summed E-state index contributed by atoms with van der Waals surface area (Å²) < 4.78 is 5.49. The maximum absolute atomic E-state index is 12.9. The zero-order chi connectivity index (χ0) is 21.3. The third-order valence-corrected chi connectivity index (χ3v) is 5.42. The van der Waals surface area contributed by atoms with E-state index >= 15 is 0 Å². The van der Waals surface area contributed by atoms with Crippen LogP contribution >= 0.6 is 0 Å². The van der Waals surface area contributed by atoms with Gasteiger partial charge in [0.2, 0.25) is 5.91 Å². The van der Waals surface area contributed by atoms with Gasteiger partial charge in [-0.2, -0.15) is 0 Å². The fourth-order valence-electron chi connectivity index (χ4n) is 3.79. The van der Waals surface area contributed by atoms with Crippen LogP contribution in [-0.2, 0) is 11.3 Å². The Kier molecular flexibility index (Phi) is 7.54. The first-order valence-electron chi connectivity index (χ1n) is 10.3. The topological polar surface area (TPSA) is 82.7 Å². The standard InChI is InChI=1S/C23H30N4O3/c1-24-18-12-10-17(11-13-18)15-25-23(29)26-16-22(28)27-14-6-5-8-20(27)19-7-3-4-9-21(19)30-2/h3-4,7,9-13,20,24H,5-6,8,14-16H2,1-2H3,(H2,25,26,29). The summed E-state index contributed by atoms with van der Waals surface area (Å²) in [6.07, 6.45) is 2.92. The minimum absolute atomic E-state index is 0.0297. The van der Waals surface area contributed by atoms with Crippen molar-refractivity contribution in [2.24, 2.45) is 0 Å². The summed E-state index contributed by atoms with van der Waals surface area (Å²) in [6, 6.07) is 15.2. The molecule has 1 unspecified atom stereocenters. The molecule has 2 aromatic carbocycles. The monoisotopic (exact) mass is 410 g/mol. The summed E-state index contributed by atoms with van der Waals surface area (Å²) >= 11 is 0. The van der Waals surface area contributed by atoms with Crippen LogP contribution in [0.15, 0.2) is 48.5 Å². The van der Waals surface area contributed by atoms with E-state index in [2.05, 4.69) is 16.0 Å². The van der Waals surface area contributed by atoms with Crippen molar-refractivity contribution in [3.63, 3.8) is 0 Å². The molecule has 0 bridgehead atoms. The lowest BCUT2D eigenvalue weighted by molar-refractivity contribution is -0.133. The highest BCUT2D eigenvalue weighted by atomic mass is 16.5. The molecular weight excluding hydrogens is 380 g/mol. The Morgan fingerprint density at radius 2 is 1.83 bits per heavy atom. The minimum Gasteiger partial charge on any atom is -0.496 e. The number of piperidine rings is 1. The predicted octanol–water partition coefficient (Wildman–Crippen LogP) is 3.29. The van der Waals surface area contributed by atoms with Gasteiger partial charge in [-0.05, 0) is 43.0 Å². The lowest BCUT2D eigenvalue weighted by Gasteiger charge is -2.36. The molecule has 3 N–H and O–H groups in total. The number of urea groups is 1. The molecular formula is C23H30N4O3. The molecule has 0 aromatic heterocycles. The lowest BCUT2D eigenvalue weighted by atomic mass is 9.94. The molecule has 7 nitrogen and oxygen atoms in total. The van der Waals surface area contributed by atoms with E-state index in [0.29, 0.717) is 13.1 Å². The Balaban J connectivity index is 1.53. The minimum atomic E-state index is -0.355. The second-order valence-corrected chi connectivity index (χ2v) is 7.32. The number of amides is 3. The van der Waals surface area contributed by atoms with Gasteiger partial charge >= 0.3 is 6.03 Å². The van der Waals surface area contributed by atoms with Crippen molar-refractivity contribution < 1.29 is 14.3 Å². The summed E-state index contributed by atoms with van der Waals surface area (Å²) in [6.45, 7) is 1.05. The van der Waals surface area contributed by atoms with Crippen molar-refractivity contribution in [2.75, 3.05) is 32.6 Å². The van der Waals surface area contributed by atoms with Crippen molar-refractivity contribution in [1.29, 1.82) is 0 Å². The highest BCUT2D eigenvalue weighted by molar-refractivity contribution is 5.84. The number of carbonyl (C=O) groups excluding carboxylic acids is 2. The molecule has 0 radical (unpaired) electrons. The third kappa shape index (κ3) is 5.43. The average Bonchev–Trinajstić information content (AvgIpc) is 2.81. The number of benzene rings is 2. The number of ether oxygens (including phenoxy) is 1. The quantitative estimate of drug-likeness (QED) is 0.654. The molecule has 1 atom stereocenters. The first kappa shape index (κ1) is 21.5. The van der Waals surface area contributed by atoms with Gasteiger partial charge in [0.1, 0.15) is 5.75 Å². The summed E-state index contributed by atoms with van der Waals surface area (Å²) in [5.41, 5.74) is 3.02. The number of nitrogens with one attached hydrogen (secondary N) is 3. The summed E-state index contributed by atoms with van der Waals surface area (Å²) in [7, 11) is 3.50. The van der Waals surface area contributed by atoms with Gasteiger partial charge in [0.25, 0.3) is 0 Å². The number of carbonyl (C=O) groups is 2. The molecule has 1 saturated heterocycles. The number of para-hydroxylation sites is 1. The number of nitrogens with zero attached hydrogens (tertiary/aromatic N) is 1. The Bertz CT molecular complexity index is 854. The van der Waals surface area contributed by atoms with E-state index in [0.717, 1.165) is 41.8 Å². The van der Waals surface area contributed by atoms with E-state index in [4.69, 9.17) is 4.74 Å². The number of rotatable bonds is 7. The zero-order valence-corrected chi connectivity index (χ0v) is 17.6. The van der Waals surface area contributed by atoms with E-state index in [-0.39, 0.29) is 24.5 Å². The highest BCUT2D eigenvalue weighted by Crippen LogP contribution is 2.35. The van der Waals surface area contributed by atoms with E-state index in [1.54, 1.807) is 7.11 Å². The Morgan fingerprint density at radius 1 is 1.07 bits per heavy atom. The number of hydrogen-bond donors (Lipinski definition) is 3. The molecule has 160 valence electrons. The van der Waals surface area contributed by atoms with Crippen LogP contribution in [0.1, 0.15) is 36.4 Å². The maximum atomic E-state index is 12.9. The van der Waals surface area contributed by atoms with Gasteiger partial charge in [-0.15, -0.1) is 0 Å². The van der Waals surface area contributed by atoms with Crippen LogP contribution in [0.5, 0.6) is 5.75 Å². The van der Waals surface area contributed by atoms with Gasteiger partial charge in [-0.25, -0.2) is 4.79 Å². The van der Waals surface area contributed by atoms with E-state index < -0.39 is 0 Å². The highest BCUT2D eigenvalue weighted by Gasteiger charge is 2.29. The molecule has 30 heavy (non-hydrogen) atoms. The van der Waals surface area contributed by atoms with E-state index in [1.165, 1.54) is 0 Å². The second-order valence-electron chi connectivity index (χ2n) is 7.32. The summed E-state index contributed by atoms with van der Waals surface area (Å²) in [4.78, 5) is 26.9. The van der Waals surface area contributed by atoms with Gasteiger partial charge in [0, 0.05) is 31.4 Å². The van der Waals surface area contributed by atoms with Gasteiger partial charge in [-0.1, -0.05) is 30.3 Å². The maximum Gasteiger partial charge on any atom is 0.315 e. The number of likely N-dealkylation sites (tertiary alicyclic amines) is 1. The Hall–Kier alpha value is -3.22. The molecule has 3 amide bonds. The van der Waals surface area contributed by atoms with Crippen molar-refractivity contribution in [2.45, 2.75) is 31.8 Å². The van der Waals surface area contributed by atoms with Crippen molar-refractivity contribution in [1.82, 2.24) is 15.5 Å². The van der Waals surface area contributed by atoms with Gasteiger partial charge in [-0.3, -0.25) is 4.79 Å². The summed E-state index contributed by atoms with van der Waals surface area (Å²) in [5, 5.41) is 8.54. The van der Waals surface area contributed by atoms with Crippen molar-refractivity contribution in [3.05, 3.63) is 59.7 Å². The molecule has 1 aliphatic heterocycles. The lowest BCUT2D eigenvalue weighted by Crippen LogP contribution is -2.46. The van der Waals surface area contributed by atoms with Gasteiger partial charge in [0.15, 0.2) is 0 Å². The van der Waals surface area contributed by atoms with Gasteiger partial charge in [0.05, 0.1) is 19.7 Å². The first-order valence-corrected chi connectivity index (χ1v) is 10.3. The van der Waals surface area contributed by atoms with Crippen LogP contribution < -0.4 is 20.7 Å². The second kappa shape index (κ2) is 10.5. The SMILES string of the molecule is CNc1ccc(CNC(=O)NCC(=O)N2CCCCC2c2ccccc2OC)cc1. The predicted molar refractivity (Wildman–Crippen MR) is 118 cm³/mol. The van der Waals surface area contributed by atoms with Crippen LogP contribution in [0.3, 0.4) is 0 Å². The van der Waals surface area contributed by atoms with Crippen LogP contribution in [0.4, 0.5) is 10.5 Å². The van der Waals surface area contributed by atoms with Crippen molar-refractivity contribution in [3.8, 4) is 5.75 Å². The molecule has 0 aliphatic carbocycles.